The molecule has 0 heterocycles. The summed E-state index contributed by atoms with van der Waals surface area (Å²) in [6, 6.07) is 15.0. The Morgan fingerprint density at radius 3 is 2.63 bits per heavy atom. The highest BCUT2D eigenvalue weighted by molar-refractivity contribution is 9.10. The lowest BCUT2D eigenvalue weighted by atomic mass is 9.98. The summed E-state index contributed by atoms with van der Waals surface area (Å²) >= 11 is 9.52. The van der Waals surface area contributed by atoms with Crippen LogP contribution in [0.15, 0.2) is 46.9 Å². The Balaban J connectivity index is 2.22. The van der Waals surface area contributed by atoms with Crippen LogP contribution in [0.2, 0.25) is 5.02 Å². The highest BCUT2D eigenvalue weighted by atomic mass is 79.9. The largest absolute Gasteiger partial charge is 0.313 e. The van der Waals surface area contributed by atoms with Gasteiger partial charge in [-0.25, -0.2) is 0 Å². The van der Waals surface area contributed by atoms with Gasteiger partial charge in [0.15, 0.2) is 0 Å². The SMILES string of the molecule is CNC(Cc1cccc(C)c1)c1ccc(Cl)c(Br)c1. The molecule has 0 radical (unpaired) electrons. The standard InChI is InChI=1S/C16H17BrClN/c1-11-4-3-5-12(8-11)9-16(19-2)13-6-7-15(18)14(17)10-13/h3-8,10,16,19H,9H2,1-2H3. The predicted octanol–water partition coefficient (Wildman–Crippen LogP) is 4.91. The molecule has 0 aromatic heterocycles. The average molecular weight is 339 g/mol. The molecule has 0 saturated heterocycles. The van der Waals surface area contributed by atoms with Crippen molar-refractivity contribution in [2.75, 3.05) is 7.05 Å². The van der Waals surface area contributed by atoms with Crippen molar-refractivity contribution in [1.29, 1.82) is 0 Å². The molecule has 3 heteroatoms. The zero-order valence-corrected chi connectivity index (χ0v) is 13.4. The topological polar surface area (TPSA) is 12.0 Å². The Bertz CT molecular complexity index is 568. The zero-order chi connectivity index (χ0) is 13.8. The van der Waals surface area contributed by atoms with Crippen LogP contribution >= 0.6 is 27.5 Å². The fraction of sp³-hybridized carbons (Fsp3) is 0.250. The lowest BCUT2D eigenvalue weighted by molar-refractivity contribution is 0.591. The summed E-state index contributed by atoms with van der Waals surface area (Å²) in [6.07, 6.45) is 0.965. The Labute approximate surface area is 128 Å². The van der Waals surface area contributed by atoms with Crippen molar-refractivity contribution >= 4 is 27.5 Å². The van der Waals surface area contributed by atoms with E-state index in [9.17, 15) is 0 Å². The first-order valence-electron chi connectivity index (χ1n) is 6.28. The van der Waals surface area contributed by atoms with E-state index in [0.717, 1.165) is 15.9 Å². The van der Waals surface area contributed by atoms with E-state index in [4.69, 9.17) is 11.6 Å². The van der Waals surface area contributed by atoms with Crippen LogP contribution < -0.4 is 5.32 Å². The minimum Gasteiger partial charge on any atom is -0.313 e. The van der Waals surface area contributed by atoms with Gasteiger partial charge in [0.2, 0.25) is 0 Å². The van der Waals surface area contributed by atoms with Crippen molar-refractivity contribution in [3.63, 3.8) is 0 Å². The fourth-order valence-corrected chi connectivity index (χ4v) is 2.70. The molecule has 2 aromatic carbocycles. The molecule has 2 rings (SSSR count). The van der Waals surface area contributed by atoms with E-state index in [-0.39, 0.29) is 6.04 Å². The summed E-state index contributed by atoms with van der Waals surface area (Å²) in [5, 5.41) is 4.11. The van der Waals surface area contributed by atoms with Crippen LogP contribution in [0.4, 0.5) is 0 Å². The third-order valence-corrected chi connectivity index (χ3v) is 4.43. The molecular weight excluding hydrogens is 322 g/mol. The van der Waals surface area contributed by atoms with Crippen LogP contribution in [0.25, 0.3) is 0 Å². The Hall–Kier alpha value is -0.830. The van der Waals surface area contributed by atoms with Crippen LogP contribution in [0.1, 0.15) is 22.7 Å². The van der Waals surface area contributed by atoms with Gasteiger partial charge in [-0.1, -0.05) is 47.5 Å². The van der Waals surface area contributed by atoms with E-state index in [1.54, 1.807) is 0 Å². The van der Waals surface area contributed by atoms with Gasteiger partial charge in [0.05, 0.1) is 5.02 Å². The van der Waals surface area contributed by atoms with Crippen LogP contribution in [0.5, 0.6) is 0 Å². The molecule has 19 heavy (non-hydrogen) atoms. The van der Waals surface area contributed by atoms with E-state index in [2.05, 4.69) is 64.6 Å². The van der Waals surface area contributed by atoms with E-state index in [0.29, 0.717) is 0 Å². The molecule has 100 valence electrons. The van der Waals surface area contributed by atoms with Gasteiger partial charge in [0, 0.05) is 10.5 Å². The summed E-state index contributed by atoms with van der Waals surface area (Å²) in [5.74, 6) is 0. The third-order valence-electron chi connectivity index (χ3n) is 3.22. The van der Waals surface area contributed by atoms with E-state index < -0.39 is 0 Å². The summed E-state index contributed by atoms with van der Waals surface area (Å²) in [6.45, 7) is 2.12. The predicted molar refractivity (Wildman–Crippen MR) is 85.8 cm³/mol. The third kappa shape index (κ3) is 3.82. The first kappa shape index (κ1) is 14.6. The number of halogens is 2. The van der Waals surface area contributed by atoms with Crippen LogP contribution in [-0.2, 0) is 6.42 Å². The number of rotatable bonds is 4. The molecule has 1 unspecified atom stereocenters. The second kappa shape index (κ2) is 6.56. The van der Waals surface area contributed by atoms with Crippen molar-refractivity contribution in [2.45, 2.75) is 19.4 Å². The van der Waals surface area contributed by atoms with Gasteiger partial charge >= 0.3 is 0 Å². The number of hydrogen-bond donors (Lipinski definition) is 1. The van der Waals surface area contributed by atoms with Crippen LogP contribution in [0.3, 0.4) is 0 Å². The first-order chi connectivity index (χ1) is 9.10. The Morgan fingerprint density at radius 1 is 1.21 bits per heavy atom. The maximum Gasteiger partial charge on any atom is 0.0548 e. The van der Waals surface area contributed by atoms with Crippen molar-refractivity contribution < 1.29 is 0 Å². The minimum atomic E-state index is 0.287. The summed E-state index contributed by atoms with van der Waals surface area (Å²) < 4.78 is 0.941. The molecule has 2 aromatic rings. The monoisotopic (exact) mass is 337 g/mol. The van der Waals surface area contributed by atoms with E-state index in [1.807, 2.05) is 13.1 Å². The number of likely N-dealkylation sites (N-methyl/N-ethyl adjacent to an activating group) is 1. The fourth-order valence-electron chi connectivity index (χ4n) is 2.19. The molecular formula is C16H17BrClN. The van der Waals surface area contributed by atoms with Crippen molar-refractivity contribution in [3.05, 3.63) is 68.7 Å². The molecule has 0 spiro atoms. The maximum absolute atomic E-state index is 6.04. The molecule has 0 aliphatic carbocycles. The zero-order valence-electron chi connectivity index (χ0n) is 11.1. The lowest BCUT2D eigenvalue weighted by Crippen LogP contribution is -2.18. The van der Waals surface area contributed by atoms with Crippen LogP contribution in [0, 0.1) is 6.92 Å². The minimum absolute atomic E-state index is 0.287. The molecule has 1 nitrogen and oxygen atoms in total. The van der Waals surface area contributed by atoms with Crippen molar-refractivity contribution in [1.82, 2.24) is 5.32 Å². The number of aryl methyl sites for hydroxylation is 1. The highest BCUT2D eigenvalue weighted by Gasteiger charge is 2.11. The van der Waals surface area contributed by atoms with Crippen molar-refractivity contribution in [2.24, 2.45) is 0 Å². The van der Waals surface area contributed by atoms with Crippen molar-refractivity contribution in [3.8, 4) is 0 Å². The number of benzene rings is 2. The summed E-state index contributed by atoms with van der Waals surface area (Å²) in [7, 11) is 1.99. The lowest BCUT2D eigenvalue weighted by Gasteiger charge is -2.17. The van der Waals surface area contributed by atoms with Crippen LogP contribution in [-0.4, -0.2) is 7.05 Å². The van der Waals surface area contributed by atoms with Gasteiger partial charge in [-0.2, -0.15) is 0 Å². The van der Waals surface area contributed by atoms with E-state index >= 15 is 0 Å². The van der Waals surface area contributed by atoms with Gasteiger partial charge in [-0.05, 0) is 59.6 Å². The molecule has 1 N–H and O–H groups in total. The number of nitrogens with one attached hydrogen (secondary N) is 1. The second-order valence-electron chi connectivity index (χ2n) is 4.71. The Morgan fingerprint density at radius 2 is 2.00 bits per heavy atom. The maximum atomic E-state index is 6.04. The molecule has 0 bridgehead atoms. The highest BCUT2D eigenvalue weighted by Crippen LogP contribution is 2.27. The average Bonchev–Trinajstić information content (AvgIpc) is 2.39. The van der Waals surface area contributed by atoms with Gasteiger partial charge in [-0.15, -0.1) is 0 Å². The Kier molecular flexibility index (Phi) is 5.03. The molecule has 0 saturated carbocycles. The quantitative estimate of drug-likeness (QED) is 0.835. The molecule has 0 aliphatic rings. The van der Waals surface area contributed by atoms with Gasteiger partial charge in [-0.3, -0.25) is 0 Å². The van der Waals surface area contributed by atoms with Gasteiger partial charge < -0.3 is 5.32 Å². The molecule has 1 atom stereocenters. The first-order valence-corrected chi connectivity index (χ1v) is 7.45. The molecule has 0 fully saturated rings. The van der Waals surface area contributed by atoms with Gasteiger partial charge in [0.25, 0.3) is 0 Å². The second-order valence-corrected chi connectivity index (χ2v) is 5.97. The summed E-state index contributed by atoms with van der Waals surface area (Å²) in [5.41, 5.74) is 3.87. The molecule has 0 amide bonds. The summed E-state index contributed by atoms with van der Waals surface area (Å²) in [4.78, 5) is 0. The normalized spacial score (nSPS) is 12.4. The smallest absolute Gasteiger partial charge is 0.0548 e. The number of hydrogen-bond acceptors (Lipinski definition) is 1. The molecule has 0 aliphatic heterocycles. The van der Waals surface area contributed by atoms with E-state index in [1.165, 1.54) is 16.7 Å². The van der Waals surface area contributed by atoms with Gasteiger partial charge in [0.1, 0.15) is 0 Å².